The summed E-state index contributed by atoms with van der Waals surface area (Å²) in [5, 5.41) is 9.06. The molecule has 1 unspecified atom stereocenters. The van der Waals surface area contributed by atoms with Gasteiger partial charge in [-0.1, -0.05) is 11.6 Å². The highest BCUT2D eigenvalue weighted by Gasteiger charge is 2.23. The number of benzene rings is 1. The zero-order valence-corrected chi connectivity index (χ0v) is 11.1. The Morgan fingerprint density at radius 1 is 1.56 bits per heavy atom. The van der Waals surface area contributed by atoms with Crippen LogP contribution in [0.4, 0.5) is 4.39 Å². The maximum Gasteiger partial charge on any atom is 0.243 e. The molecule has 1 aromatic rings. The Balaban J connectivity index is 2.99. The lowest BCUT2D eigenvalue weighted by molar-refractivity contribution is 0.139. The zero-order valence-electron chi connectivity index (χ0n) is 9.56. The van der Waals surface area contributed by atoms with Gasteiger partial charge in [-0.05, 0) is 18.2 Å². The summed E-state index contributed by atoms with van der Waals surface area (Å²) >= 11 is 5.53. The standard InChI is InChI=1S/C10H13ClFNO4S/c1-17-6-8(5-14)13-18(15,16)10-3-2-7(11)4-9(10)12/h2-4,8,13-14H,5-6H2,1H3. The van der Waals surface area contributed by atoms with Crippen LogP contribution in [0.25, 0.3) is 0 Å². The first-order valence-corrected chi connectivity index (χ1v) is 6.84. The number of nitrogens with one attached hydrogen (secondary N) is 1. The van der Waals surface area contributed by atoms with E-state index in [2.05, 4.69) is 4.72 Å². The summed E-state index contributed by atoms with van der Waals surface area (Å²) in [6.45, 7) is -0.479. The second-order valence-electron chi connectivity index (χ2n) is 3.53. The molecule has 1 atom stereocenters. The molecule has 0 amide bonds. The average molecular weight is 298 g/mol. The lowest BCUT2D eigenvalue weighted by Gasteiger charge is -2.15. The molecule has 0 aliphatic heterocycles. The number of aliphatic hydroxyl groups is 1. The van der Waals surface area contributed by atoms with E-state index < -0.39 is 33.4 Å². The molecule has 1 aromatic carbocycles. The first-order chi connectivity index (χ1) is 8.40. The van der Waals surface area contributed by atoms with E-state index in [4.69, 9.17) is 21.4 Å². The van der Waals surface area contributed by atoms with E-state index in [0.717, 1.165) is 12.1 Å². The third-order valence-electron chi connectivity index (χ3n) is 2.09. The maximum absolute atomic E-state index is 13.5. The average Bonchev–Trinajstić information content (AvgIpc) is 2.27. The van der Waals surface area contributed by atoms with Crippen LogP contribution in [0.5, 0.6) is 0 Å². The van der Waals surface area contributed by atoms with Crippen LogP contribution in [0.1, 0.15) is 0 Å². The van der Waals surface area contributed by atoms with Gasteiger partial charge >= 0.3 is 0 Å². The number of aliphatic hydroxyl groups excluding tert-OH is 1. The first-order valence-electron chi connectivity index (χ1n) is 4.98. The van der Waals surface area contributed by atoms with Crippen LogP contribution in [0.3, 0.4) is 0 Å². The van der Waals surface area contributed by atoms with Crippen LogP contribution in [0.2, 0.25) is 5.02 Å². The van der Waals surface area contributed by atoms with E-state index in [-0.39, 0.29) is 11.6 Å². The third kappa shape index (κ3) is 3.89. The van der Waals surface area contributed by atoms with E-state index in [1.165, 1.54) is 13.2 Å². The van der Waals surface area contributed by atoms with Crippen LogP contribution in [-0.2, 0) is 14.8 Å². The van der Waals surface area contributed by atoms with Gasteiger partial charge in [0.05, 0.1) is 19.3 Å². The Labute approximate surface area is 110 Å². The Morgan fingerprint density at radius 3 is 2.72 bits per heavy atom. The summed E-state index contributed by atoms with van der Waals surface area (Å²) in [5.41, 5.74) is 0. The Bertz CT molecular complexity index is 509. The van der Waals surface area contributed by atoms with Gasteiger partial charge in [0, 0.05) is 12.1 Å². The molecular weight excluding hydrogens is 285 g/mol. The Kier molecular flexibility index (Phi) is 5.48. The maximum atomic E-state index is 13.5. The molecule has 0 aromatic heterocycles. The predicted molar refractivity (Wildman–Crippen MR) is 64.5 cm³/mol. The van der Waals surface area contributed by atoms with Crippen molar-refractivity contribution in [2.75, 3.05) is 20.3 Å². The quantitative estimate of drug-likeness (QED) is 0.813. The van der Waals surface area contributed by atoms with Gasteiger partial charge in [-0.15, -0.1) is 0 Å². The molecule has 102 valence electrons. The molecule has 0 aliphatic carbocycles. The van der Waals surface area contributed by atoms with E-state index in [1.54, 1.807) is 0 Å². The molecule has 1 rings (SSSR count). The van der Waals surface area contributed by atoms with Crippen molar-refractivity contribution in [3.8, 4) is 0 Å². The summed E-state index contributed by atoms with van der Waals surface area (Å²) in [5.74, 6) is -0.955. The molecule has 0 radical (unpaired) electrons. The normalized spacial score (nSPS) is 13.6. The highest BCUT2D eigenvalue weighted by molar-refractivity contribution is 7.89. The largest absolute Gasteiger partial charge is 0.395 e. The van der Waals surface area contributed by atoms with Gasteiger partial charge in [0.15, 0.2) is 0 Å². The molecule has 0 saturated heterocycles. The van der Waals surface area contributed by atoms with Gasteiger partial charge in [-0.3, -0.25) is 0 Å². The van der Waals surface area contributed by atoms with Crippen molar-refractivity contribution in [2.45, 2.75) is 10.9 Å². The van der Waals surface area contributed by atoms with E-state index in [1.807, 2.05) is 0 Å². The number of hydrogen-bond acceptors (Lipinski definition) is 4. The van der Waals surface area contributed by atoms with E-state index in [0.29, 0.717) is 0 Å². The van der Waals surface area contributed by atoms with Crippen molar-refractivity contribution < 1.29 is 22.7 Å². The summed E-state index contributed by atoms with van der Waals surface area (Å²) in [7, 11) is -2.70. The first kappa shape index (κ1) is 15.3. The van der Waals surface area contributed by atoms with Crippen molar-refractivity contribution in [2.24, 2.45) is 0 Å². The SMILES string of the molecule is COCC(CO)NS(=O)(=O)c1ccc(Cl)cc1F. The van der Waals surface area contributed by atoms with Gasteiger partial charge in [-0.2, -0.15) is 0 Å². The third-order valence-corrected chi connectivity index (χ3v) is 3.88. The second kappa shape index (κ2) is 6.44. The van der Waals surface area contributed by atoms with Crippen molar-refractivity contribution in [3.63, 3.8) is 0 Å². The lowest BCUT2D eigenvalue weighted by atomic mass is 10.3. The molecule has 0 saturated carbocycles. The van der Waals surface area contributed by atoms with Gasteiger partial charge in [0.1, 0.15) is 10.7 Å². The molecule has 18 heavy (non-hydrogen) atoms. The van der Waals surface area contributed by atoms with Crippen LogP contribution in [-0.4, -0.2) is 39.9 Å². The van der Waals surface area contributed by atoms with Crippen LogP contribution < -0.4 is 4.72 Å². The topological polar surface area (TPSA) is 75.6 Å². The number of hydrogen-bond donors (Lipinski definition) is 2. The van der Waals surface area contributed by atoms with Gasteiger partial charge in [0.25, 0.3) is 0 Å². The summed E-state index contributed by atoms with van der Waals surface area (Å²) < 4.78 is 44.0. The van der Waals surface area contributed by atoms with Gasteiger partial charge < -0.3 is 9.84 Å². The van der Waals surface area contributed by atoms with Crippen LogP contribution in [0, 0.1) is 5.82 Å². The van der Waals surface area contributed by atoms with E-state index in [9.17, 15) is 12.8 Å². The van der Waals surface area contributed by atoms with Gasteiger partial charge in [0.2, 0.25) is 10.0 Å². The number of halogens is 2. The minimum absolute atomic E-state index is 0.0229. The van der Waals surface area contributed by atoms with Crippen molar-refractivity contribution in [1.29, 1.82) is 0 Å². The Morgan fingerprint density at radius 2 is 2.22 bits per heavy atom. The van der Waals surface area contributed by atoms with Crippen molar-refractivity contribution in [3.05, 3.63) is 29.0 Å². The van der Waals surface area contributed by atoms with Crippen LogP contribution >= 0.6 is 11.6 Å². The highest BCUT2D eigenvalue weighted by Crippen LogP contribution is 2.19. The minimum atomic E-state index is -4.06. The molecule has 0 heterocycles. The number of sulfonamides is 1. The summed E-state index contributed by atoms with van der Waals surface area (Å²) in [4.78, 5) is -0.526. The molecule has 0 bridgehead atoms. The highest BCUT2D eigenvalue weighted by atomic mass is 35.5. The fourth-order valence-corrected chi connectivity index (χ4v) is 2.73. The second-order valence-corrected chi connectivity index (χ2v) is 5.65. The van der Waals surface area contributed by atoms with Crippen molar-refractivity contribution >= 4 is 21.6 Å². The number of rotatable bonds is 6. The molecule has 8 heteroatoms. The molecule has 0 aliphatic rings. The molecule has 0 spiro atoms. The monoisotopic (exact) mass is 297 g/mol. The summed E-state index contributed by atoms with van der Waals surface area (Å²) in [6, 6.07) is 2.39. The van der Waals surface area contributed by atoms with Crippen molar-refractivity contribution in [1.82, 2.24) is 4.72 Å². The molecule has 5 nitrogen and oxygen atoms in total. The van der Waals surface area contributed by atoms with Gasteiger partial charge in [-0.25, -0.2) is 17.5 Å². The van der Waals surface area contributed by atoms with E-state index >= 15 is 0 Å². The zero-order chi connectivity index (χ0) is 13.8. The number of ether oxygens (including phenoxy) is 1. The fraction of sp³-hybridized carbons (Fsp3) is 0.400. The Hall–Kier alpha value is -0.730. The summed E-state index contributed by atoms with van der Waals surface area (Å²) in [6.07, 6.45) is 0. The minimum Gasteiger partial charge on any atom is -0.395 e. The van der Waals surface area contributed by atoms with Crippen LogP contribution in [0.15, 0.2) is 23.1 Å². The fourth-order valence-electron chi connectivity index (χ4n) is 1.30. The lowest BCUT2D eigenvalue weighted by Crippen LogP contribution is -2.40. The molecule has 0 fully saturated rings. The number of methoxy groups -OCH3 is 1. The predicted octanol–water partition coefficient (Wildman–Crippen LogP) is 0.765. The smallest absolute Gasteiger partial charge is 0.243 e. The molecule has 2 N–H and O–H groups in total. The molecular formula is C10H13ClFNO4S.